The molecule has 23 heavy (non-hydrogen) atoms. The molecule has 3 rings (SSSR count). The lowest BCUT2D eigenvalue weighted by molar-refractivity contribution is -0.140. The van der Waals surface area contributed by atoms with Crippen molar-refractivity contribution in [3.8, 4) is 0 Å². The molecule has 0 spiro atoms. The zero-order valence-corrected chi connectivity index (χ0v) is 14.4. The van der Waals surface area contributed by atoms with Crippen LogP contribution in [-0.4, -0.2) is 53.1 Å². The maximum absolute atomic E-state index is 12.5. The molecule has 1 amide bonds. The summed E-state index contributed by atoms with van der Waals surface area (Å²) in [6.45, 7) is 5.44. The van der Waals surface area contributed by atoms with E-state index < -0.39 is 6.10 Å². The molecule has 1 aliphatic heterocycles. The summed E-state index contributed by atoms with van der Waals surface area (Å²) in [5.41, 5.74) is 1.25. The molecule has 1 aromatic carbocycles. The van der Waals surface area contributed by atoms with E-state index in [-0.39, 0.29) is 11.8 Å². The summed E-state index contributed by atoms with van der Waals surface area (Å²) in [5.74, 6) is -0.0240. The van der Waals surface area contributed by atoms with Crippen LogP contribution < -0.4 is 0 Å². The lowest BCUT2D eigenvalue weighted by atomic mass is 10.0. The lowest BCUT2D eigenvalue weighted by Gasteiger charge is -2.39. The predicted molar refractivity (Wildman–Crippen MR) is 91.4 cm³/mol. The average Bonchev–Trinajstić information content (AvgIpc) is 3.00. The van der Waals surface area contributed by atoms with Crippen LogP contribution >= 0.6 is 11.6 Å². The van der Waals surface area contributed by atoms with Gasteiger partial charge in [0.15, 0.2) is 0 Å². The monoisotopic (exact) mass is 336 g/mol. The van der Waals surface area contributed by atoms with Gasteiger partial charge in [-0.15, -0.1) is 0 Å². The molecule has 1 saturated heterocycles. The van der Waals surface area contributed by atoms with Crippen molar-refractivity contribution in [3.05, 3.63) is 34.9 Å². The second kappa shape index (κ2) is 7.20. The van der Waals surface area contributed by atoms with Crippen molar-refractivity contribution in [2.24, 2.45) is 5.92 Å². The summed E-state index contributed by atoms with van der Waals surface area (Å²) in [5, 5.41) is 10.7. The van der Waals surface area contributed by atoms with Crippen molar-refractivity contribution in [3.63, 3.8) is 0 Å². The summed E-state index contributed by atoms with van der Waals surface area (Å²) in [7, 11) is 0. The van der Waals surface area contributed by atoms with Gasteiger partial charge in [-0.25, -0.2) is 0 Å². The third-order valence-corrected chi connectivity index (χ3v) is 5.57. The Labute approximate surface area is 143 Å². The number of halogens is 1. The van der Waals surface area contributed by atoms with Crippen molar-refractivity contribution in [1.82, 2.24) is 9.80 Å². The van der Waals surface area contributed by atoms with Crippen LogP contribution in [0.2, 0.25) is 5.02 Å². The first kappa shape index (κ1) is 16.7. The van der Waals surface area contributed by atoms with E-state index in [1.807, 2.05) is 17.0 Å². The van der Waals surface area contributed by atoms with Crippen LogP contribution in [-0.2, 0) is 4.79 Å². The van der Waals surface area contributed by atoms with E-state index in [0.29, 0.717) is 6.04 Å². The van der Waals surface area contributed by atoms with E-state index in [1.54, 1.807) is 0 Å². The number of piperazine rings is 1. The Bertz CT molecular complexity index is 540. The molecule has 2 fully saturated rings. The van der Waals surface area contributed by atoms with Crippen LogP contribution in [0.3, 0.4) is 0 Å². The topological polar surface area (TPSA) is 43.8 Å². The van der Waals surface area contributed by atoms with E-state index >= 15 is 0 Å². The maximum atomic E-state index is 12.5. The minimum atomic E-state index is -0.437. The first-order valence-corrected chi connectivity index (χ1v) is 8.90. The van der Waals surface area contributed by atoms with Crippen molar-refractivity contribution >= 4 is 17.5 Å². The molecule has 126 valence electrons. The number of benzene rings is 1. The van der Waals surface area contributed by atoms with Gasteiger partial charge in [-0.2, -0.15) is 0 Å². The molecular weight excluding hydrogens is 312 g/mol. The Kier molecular flexibility index (Phi) is 5.24. The van der Waals surface area contributed by atoms with Crippen LogP contribution in [0.4, 0.5) is 0 Å². The molecule has 1 N–H and O–H groups in total. The van der Waals surface area contributed by atoms with Crippen LogP contribution in [0, 0.1) is 5.92 Å². The summed E-state index contributed by atoms with van der Waals surface area (Å²) in [6, 6.07) is 8.31. The molecule has 3 atom stereocenters. The summed E-state index contributed by atoms with van der Waals surface area (Å²) >= 11 is 5.95. The van der Waals surface area contributed by atoms with Gasteiger partial charge in [0.1, 0.15) is 0 Å². The summed E-state index contributed by atoms with van der Waals surface area (Å²) in [4.78, 5) is 16.9. The third-order valence-electron chi connectivity index (χ3n) is 5.32. The van der Waals surface area contributed by atoms with Crippen LogP contribution in [0.25, 0.3) is 0 Å². The fraction of sp³-hybridized carbons (Fsp3) is 0.611. The quantitative estimate of drug-likeness (QED) is 0.923. The summed E-state index contributed by atoms with van der Waals surface area (Å²) in [6.07, 6.45) is 2.13. The molecule has 1 heterocycles. The van der Waals surface area contributed by atoms with E-state index in [4.69, 9.17) is 11.6 Å². The molecule has 1 aromatic rings. The Morgan fingerprint density at radius 3 is 2.39 bits per heavy atom. The molecule has 3 unspecified atom stereocenters. The number of amides is 1. The molecule has 1 saturated carbocycles. The van der Waals surface area contributed by atoms with Gasteiger partial charge in [0.2, 0.25) is 5.91 Å². The van der Waals surface area contributed by atoms with E-state index in [2.05, 4.69) is 24.0 Å². The van der Waals surface area contributed by atoms with Crippen LogP contribution in [0.1, 0.15) is 37.8 Å². The number of carbonyl (C=O) groups is 1. The van der Waals surface area contributed by atoms with Gasteiger partial charge in [-0.05, 0) is 43.9 Å². The van der Waals surface area contributed by atoms with Gasteiger partial charge >= 0.3 is 0 Å². The number of rotatable bonds is 3. The highest BCUT2D eigenvalue weighted by Gasteiger charge is 2.35. The zero-order valence-electron chi connectivity index (χ0n) is 13.6. The Hall–Kier alpha value is -1.10. The molecule has 0 radical (unpaired) electrons. The van der Waals surface area contributed by atoms with Crippen LogP contribution in [0.5, 0.6) is 0 Å². The highest BCUT2D eigenvalue weighted by atomic mass is 35.5. The number of hydrogen-bond donors (Lipinski definition) is 1. The highest BCUT2D eigenvalue weighted by Crippen LogP contribution is 2.28. The Balaban J connectivity index is 1.55. The van der Waals surface area contributed by atoms with Gasteiger partial charge in [0, 0.05) is 37.2 Å². The number of aliphatic hydroxyl groups excluding tert-OH is 1. The van der Waals surface area contributed by atoms with E-state index in [0.717, 1.165) is 50.5 Å². The van der Waals surface area contributed by atoms with E-state index in [1.165, 1.54) is 5.56 Å². The van der Waals surface area contributed by atoms with Crippen molar-refractivity contribution in [2.45, 2.75) is 38.3 Å². The van der Waals surface area contributed by atoms with Crippen molar-refractivity contribution in [2.75, 3.05) is 26.2 Å². The SMILES string of the molecule is CC(c1ccc(Cl)cc1)N1CCN(C(=O)C2CCCC2O)CC1. The predicted octanol–water partition coefficient (Wildman–Crippen LogP) is 2.71. The van der Waals surface area contributed by atoms with Gasteiger partial charge in [-0.1, -0.05) is 23.7 Å². The first-order chi connectivity index (χ1) is 11.1. The van der Waals surface area contributed by atoms with E-state index in [9.17, 15) is 9.90 Å². The number of hydrogen-bond acceptors (Lipinski definition) is 3. The first-order valence-electron chi connectivity index (χ1n) is 8.52. The number of nitrogens with zero attached hydrogens (tertiary/aromatic N) is 2. The lowest BCUT2D eigenvalue weighted by Crippen LogP contribution is -2.51. The van der Waals surface area contributed by atoms with Gasteiger partial charge < -0.3 is 10.0 Å². The fourth-order valence-corrected chi connectivity index (χ4v) is 3.87. The third kappa shape index (κ3) is 3.70. The molecule has 0 bridgehead atoms. The molecule has 4 nitrogen and oxygen atoms in total. The second-order valence-electron chi connectivity index (χ2n) is 6.69. The minimum Gasteiger partial charge on any atom is -0.392 e. The maximum Gasteiger partial charge on any atom is 0.228 e. The Morgan fingerprint density at radius 1 is 1.17 bits per heavy atom. The minimum absolute atomic E-state index is 0.147. The zero-order chi connectivity index (χ0) is 16.4. The molecule has 0 aromatic heterocycles. The van der Waals surface area contributed by atoms with Gasteiger partial charge in [0.25, 0.3) is 0 Å². The van der Waals surface area contributed by atoms with Crippen molar-refractivity contribution < 1.29 is 9.90 Å². The van der Waals surface area contributed by atoms with Gasteiger partial charge in [-0.3, -0.25) is 9.69 Å². The second-order valence-corrected chi connectivity index (χ2v) is 7.13. The molecule has 2 aliphatic rings. The fourth-order valence-electron chi connectivity index (χ4n) is 3.74. The highest BCUT2D eigenvalue weighted by molar-refractivity contribution is 6.30. The standard InChI is InChI=1S/C18H25ClN2O2/c1-13(14-5-7-15(19)8-6-14)20-9-11-21(12-10-20)18(23)16-3-2-4-17(16)22/h5-8,13,16-17,22H,2-4,9-12H2,1H3. The summed E-state index contributed by atoms with van der Waals surface area (Å²) < 4.78 is 0. The smallest absolute Gasteiger partial charge is 0.228 e. The number of aliphatic hydroxyl groups is 1. The number of carbonyl (C=O) groups excluding carboxylic acids is 1. The normalized spacial score (nSPS) is 27.2. The largest absolute Gasteiger partial charge is 0.392 e. The average molecular weight is 337 g/mol. The molecular formula is C18H25ClN2O2. The Morgan fingerprint density at radius 2 is 1.83 bits per heavy atom. The van der Waals surface area contributed by atoms with Gasteiger partial charge in [0.05, 0.1) is 12.0 Å². The van der Waals surface area contributed by atoms with Crippen LogP contribution in [0.15, 0.2) is 24.3 Å². The van der Waals surface area contributed by atoms with Crippen molar-refractivity contribution in [1.29, 1.82) is 0 Å². The molecule has 1 aliphatic carbocycles. The molecule has 5 heteroatoms.